The van der Waals surface area contributed by atoms with Crippen LogP contribution in [0.3, 0.4) is 0 Å². The van der Waals surface area contributed by atoms with Crippen molar-refractivity contribution in [2.24, 2.45) is 23.7 Å². The van der Waals surface area contributed by atoms with Crippen molar-refractivity contribution < 1.29 is 16.8 Å². The highest BCUT2D eigenvalue weighted by Crippen LogP contribution is 2.59. The molecule has 0 aromatic heterocycles. The minimum absolute atomic E-state index is 0.0745. The number of hydrogen-bond acceptors (Lipinski definition) is 4. The van der Waals surface area contributed by atoms with Crippen molar-refractivity contribution in [2.45, 2.75) is 9.79 Å². The van der Waals surface area contributed by atoms with Gasteiger partial charge in [-0.05, 0) is 24.0 Å². The standard InChI is InChI=1S/C16H12O4S2/c17-21(18)13-3-1-2-4-14(13)22(19,20)16-12-8-7-11(15(16)21)9-5-6-10(9)12/h1-12H/t9-,10+,11-,12+. The quantitative estimate of drug-likeness (QED) is 0.682. The molecule has 4 atom stereocenters. The molecule has 4 nitrogen and oxygen atoms in total. The van der Waals surface area contributed by atoms with Crippen LogP contribution in [-0.4, -0.2) is 16.8 Å². The Morgan fingerprint density at radius 3 is 1.41 bits per heavy atom. The molecule has 1 aromatic rings. The fourth-order valence-corrected chi connectivity index (χ4v) is 9.15. The van der Waals surface area contributed by atoms with Crippen LogP contribution in [0, 0.1) is 23.7 Å². The van der Waals surface area contributed by atoms with Crippen molar-refractivity contribution in [3.05, 3.63) is 58.4 Å². The summed E-state index contributed by atoms with van der Waals surface area (Å²) in [4.78, 5) is 0.0812. The highest BCUT2D eigenvalue weighted by Gasteiger charge is 2.56. The summed E-state index contributed by atoms with van der Waals surface area (Å²) in [6.45, 7) is 0. The minimum Gasteiger partial charge on any atom is -0.219 e. The molecule has 0 spiro atoms. The van der Waals surface area contributed by atoms with Crippen LogP contribution in [0.15, 0.2) is 68.2 Å². The summed E-state index contributed by atoms with van der Waals surface area (Å²) < 4.78 is 52.0. The van der Waals surface area contributed by atoms with Gasteiger partial charge in [0.25, 0.3) is 0 Å². The first-order valence-corrected chi connectivity index (χ1v) is 10.1. The predicted molar refractivity (Wildman–Crippen MR) is 80.1 cm³/mol. The zero-order valence-corrected chi connectivity index (χ0v) is 13.0. The molecule has 2 bridgehead atoms. The largest absolute Gasteiger partial charge is 0.219 e. The van der Waals surface area contributed by atoms with Gasteiger partial charge in [-0.3, -0.25) is 0 Å². The smallest absolute Gasteiger partial charge is 0.205 e. The second-order valence-corrected chi connectivity index (χ2v) is 9.93. The molecule has 0 saturated carbocycles. The average Bonchev–Trinajstić information content (AvgIpc) is 2.45. The molecule has 5 aliphatic rings. The van der Waals surface area contributed by atoms with Gasteiger partial charge < -0.3 is 0 Å². The highest BCUT2D eigenvalue weighted by atomic mass is 32.2. The Morgan fingerprint density at radius 2 is 1.05 bits per heavy atom. The molecule has 112 valence electrons. The summed E-state index contributed by atoms with van der Waals surface area (Å²) in [6, 6.07) is 5.93. The van der Waals surface area contributed by atoms with Crippen LogP contribution in [0.4, 0.5) is 0 Å². The summed E-state index contributed by atoms with van der Waals surface area (Å²) in [5, 5.41) is 0. The normalized spacial score (nSPS) is 38.0. The van der Waals surface area contributed by atoms with Gasteiger partial charge >= 0.3 is 0 Å². The van der Waals surface area contributed by atoms with Crippen molar-refractivity contribution in [1.29, 1.82) is 0 Å². The van der Waals surface area contributed by atoms with Crippen LogP contribution in [0.25, 0.3) is 0 Å². The molecule has 22 heavy (non-hydrogen) atoms. The Labute approximate surface area is 128 Å². The van der Waals surface area contributed by atoms with Gasteiger partial charge in [0.05, 0.1) is 19.6 Å². The average molecular weight is 332 g/mol. The topological polar surface area (TPSA) is 68.3 Å². The Morgan fingerprint density at radius 1 is 0.636 bits per heavy atom. The van der Waals surface area contributed by atoms with E-state index in [1.807, 2.05) is 24.3 Å². The number of fused-ring (bicyclic) bond motifs is 1. The number of benzene rings is 1. The van der Waals surface area contributed by atoms with E-state index in [0.29, 0.717) is 0 Å². The van der Waals surface area contributed by atoms with Gasteiger partial charge in [0.15, 0.2) is 0 Å². The van der Waals surface area contributed by atoms with E-state index in [4.69, 9.17) is 0 Å². The second kappa shape index (κ2) is 3.63. The van der Waals surface area contributed by atoms with Crippen molar-refractivity contribution in [3.8, 4) is 0 Å². The maximum atomic E-state index is 13.0. The van der Waals surface area contributed by atoms with Gasteiger partial charge in [0, 0.05) is 11.8 Å². The van der Waals surface area contributed by atoms with Crippen molar-refractivity contribution in [2.75, 3.05) is 0 Å². The van der Waals surface area contributed by atoms with E-state index in [0.717, 1.165) is 0 Å². The van der Waals surface area contributed by atoms with Gasteiger partial charge in [-0.25, -0.2) is 16.8 Å². The molecule has 0 unspecified atom stereocenters. The maximum Gasteiger partial charge on any atom is 0.205 e. The fraction of sp³-hybridized carbons (Fsp3) is 0.250. The molecule has 6 rings (SSSR count). The van der Waals surface area contributed by atoms with E-state index < -0.39 is 19.7 Å². The lowest BCUT2D eigenvalue weighted by atomic mass is 9.60. The molecule has 0 N–H and O–H groups in total. The van der Waals surface area contributed by atoms with Crippen LogP contribution < -0.4 is 0 Å². The molecule has 0 radical (unpaired) electrons. The van der Waals surface area contributed by atoms with E-state index in [-0.39, 0.29) is 43.3 Å². The monoisotopic (exact) mass is 332 g/mol. The molecule has 0 amide bonds. The van der Waals surface area contributed by atoms with Crippen LogP contribution in [0.1, 0.15) is 0 Å². The van der Waals surface area contributed by atoms with Crippen LogP contribution in [0.5, 0.6) is 0 Å². The van der Waals surface area contributed by atoms with Gasteiger partial charge in [0.2, 0.25) is 19.7 Å². The van der Waals surface area contributed by atoms with E-state index in [1.54, 1.807) is 12.1 Å². The van der Waals surface area contributed by atoms with E-state index in [1.165, 1.54) is 12.1 Å². The van der Waals surface area contributed by atoms with Crippen LogP contribution in [-0.2, 0) is 19.7 Å². The minimum atomic E-state index is -3.75. The van der Waals surface area contributed by atoms with Crippen LogP contribution in [0.2, 0.25) is 0 Å². The van der Waals surface area contributed by atoms with E-state index in [9.17, 15) is 16.8 Å². The van der Waals surface area contributed by atoms with Crippen molar-refractivity contribution in [1.82, 2.24) is 0 Å². The zero-order chi connectivity index (χ0) is 15.3. The molecule has 6 heteroatoms. The predicted octanol–water partition coefficient (Wildman–Crippen LogP) is 2.08. The van der Waals surface area contributed by atoms with Crippen molar-refractivity contribution >= 4 is 19.7 Å². The third kappa shape index (κ3) is 1.22. The molecule has 0 fully saturated rings. The summed E-state index contributed by atoms with van der Waals surface area (Å²) in [5.74, 6) is -0.459. The van der Waals surface area contributed by atoms with Gasteiger partial charge in [-0.1, -0.05) is 36.4 Å². The fourth-order valence-electron chi connectivity index (χ4n) is 4.19. The van der Waals surface area contributed by atoms with E-state index >= 15 is 0 Å². The van der Waals surface area contributed by atoms with Crippen LogP contribution >= 0.6 is 0 Å². The Kier molecular flexibility index (Phi) is 2.12. The lowest BCUT2D eigenvalue weighted by Gasteiger charge is -2.49. The van der Waals surface area contributed by atoms with Gasteiger partial charge in [-0.15, -0.1) is 0 Å². The number of rotatable bonds is 0. The zero-order valence-electron chi connectivity index (χ0n) is 11.4. The first kappa shape index (κ1) is 12.8. The van der Waals surface area contributed by atoms with E-state index in [2.05, 4.69) is 0 Å². The number of hydrogen-bond donors (Lipinski definition) is 0. The Bertz CT molecular complexity index is 945. The summed E-state index contributed by atoms with van der Waals surface area (Å²) in [7, 11) is -7.50. The molecule has 4 aliphatic carbocycles. The van der Waals surface area contributed by atoms with Crippen molar-refractivity contribution in [3.63, 3.8) is 0 Å². The summed E-state index contributed by atoms with van der Waals surface area (Å²) in [6.07, 6.45) is 7.74. The SMILES string of the molecule is O=S1(=O)C2=C([C@@H]3C=C[C@H]2[C@H]2C=C[C@H]23)S(=O)(=O)c2ccccc21. The number of allylic oxidation sites excluding steroid dienone is 6. The molecule has 1 aliphatic heterocycles. The molecule has 1 aromatic carbocycles. The third-order valence-electron chi connectivity index (χ3n) is 5.21. The molecular weight excluding hydrogens is 320 g/mol. The first-order chi connectivity index (χ1) is 10.4. The number of sulfone groups is 2. The maximum absolute atomic E-state index is 13.0. The Hall–Kier alpha value is -1.66. The van der Waals surface area contributed by atoms with Gasteiger partial charge in [-0.2, -0.15) is 0 Å². The Balaban J connectivity index is 1.92. The molecule has 1 heterocycles. The lowest BCUT2D eigenvalue weighted by molar-refractivity contribution is 0.282. The van der Waals surface area contributed by atoms with Gasteiger partial charge in [0.1, 0.15) is 0 Å². The third-order valence-corrected chi connectivity index (χ3v) is 9.48. The highest BCUT2D eigenvalue weighted by molar-refractivity contribution is 8.01. The lowest BCUT2D eigenvalue weighted by Crippen LogP contribution is -2.46. The summed E-state index contributed by atoms with van der Waals surface area (Å²) >= 11 is 0. The molecule has 0 saturated heterocycles. The summed E-state index contributed by atoms with van der Waals surface area (Å²) in [5.41, 5.74) is 0. The molecular formula is C16H12O4S2. The second-order valence-electron chi connectivity index (χ2n) is 6.16. The first-order valence-electron chi connectivity index (χ1n) is 7.14.